The van der Waals surface area contributed by atoms with Crippen LogP contribution in [-0.4, -0.2) is 0 Å². The molecule has 1 rings (SSSR count). The average molecular weight is 179 g/mol. The molecular formula is C6H8Cl2N2. The lowest BCUT2D eigenvalue weighted by Crippen LogP contribution is -2.17. The molecule has 2 N–H and O–H groups in total. The van der Waals surface area contributed by atoms with Crippen LogP contribution in [0.5, 0.6) is 0 Å². The van der Waals surface area contributed by atoms with Crippen LogP contribution in [0.15, 0.2) is 30.3 Å². The third-order valence-electron chi connectivity index (χ3n) is 1.00. The molecule has 0 saturated carbocycles. The van der Waals surface area contributed by atoms with Gasteiger partial charge in [0.15, 0.2) is 0 Å². The summed E-state index contributed by atoms with van der Waals surface area (Å²) in [7, 11) is 0. The molecule has 4 heteroatoms. The van der Waals surface area contributed by atoms with E-state index >= 15 is 0 Å². The van der Waals surface area contributed by atoms with E-state index in [0.717, 1.165) is 10.2 Å². The Bertz CT molecular complexity index is 176. The van der Waals surface area contributed by atoms with Gasteiger partial charge in [0.05, 0.1) is 5.69 Å². The van der Waals surface area contributed by atoms with Gasteiger partial charge in [-0.2, -0.15) is 0 Å². The predicted molar refractivity (Wildman–Crippen MR) is 46.2 cm³/mol. The van der Waals surface area contributed by atoms with E-state index in [0.29, 0.717) is 0 Å². The fraction of sp³-hybridized carbons (Fsp3) is 0. The van der Waals surface area contributed by atoms with Gasteiger partial charge in [-0.15, -0.1) is 12.4 Å². The zero-order valence-electron chi connectivity index (χ0n) is 5.20. The van der Waals surface area contributed by atoms with E-state index < -0.39 is 0 Å². The molecule has 0 aliphatic carbocycles. The minimum Gasteiger partial charge on any atom is -0.232 e. The Balaban J connectivity index is 0.000000810. The molecule has 0 unspecified atom stereocenters. The van der Waals surface area contributed by atoms with Crippen LogP contribution < -0.4 is 10.4 Å². The number of anilines is 1. The zero-order chi connectivity index (χ0) is 6.69. The van der Waals surface area contributed by atoms with Crippen molar-refractivity contribution in [2.45, 2.75) is 0 Å². The molecule has 0 heterocycles. The minimum absolute atomic E-state index is 0. The number of halogens is 2. The average Bonchev–Trinajstić information content (AvgIpc) is 1.90. The maximum absolute atomic E-state index is 5.41. The zero-order valence-corrected chi connectivity index (χ0v) is 6.77. The molecule has 10 heavy (non-hydrogen) atoms. The van der Waals surface area contributed by atoms with Crippen molar-refractivity contribution in [3.8, 4) is 0 Å². The first-order valence-corrected chi connectivity index (χ1v) is 2.90. The van der Waals surface area contributed by atoms with Crippen molar-refractivity contribution in [3.05, 3.63) is 30.3 Å². The van der Waals surface area contributed by atoms with Gasteiger partial charge in [-0.3, -0.25) is 0 Å². The van der Waals surface area contributed by atoms with Crippen molar-refractivity contribution in [3.63, 3.8) is 0 Å². The number of hydrogen-bond donors (Lipinski definition) is 1. The quantitative estimate of drug-likeness (QED) is 0.405. The highest BCUT2D eigenvalue weighted by atomic mass is 35.5. The van der Waals surface area contributed by atoms with Crippen molar-refractivity contribution in [2.24, 2.45) is 5.84 Å². The lowest BCUT2D eigenvalue weighted by atomic mass is 10.3. The first kappa shape index (κ1) is 9.56. The van der Waals surface area contributed by atoms with Gasteiger partial charge in [0.2, 0.25) is 0 Å². The molecule has 0 aliphatic rings. The minimum atomic E-state index is 0. The Morgan fingerprint density at radius 1 is 1.20 bits per heavy atom. The van der Waals surface area contributed by atoms with E-state index in [1.807, 2.05) is 30.3 Å². The molecule has 0 bridgehead atoms. The maximum Gasteiger partial charge on any atom is 0.0703 e. The van der Waals surface area contributed by atoms with Gasteiger partial charge in [0, 0.05) is 11.8 Å². The second-order valence-corrected chi connectivity index (χ2v) is 2.01. The number of hydrogen-bond acceptors (Lipinski definition) is 2. The third-order valence-corrected chi connectivity index (χ3v) is 1.20. The Labute approximate surface area is 71.1 Å². The molecule has 0 saturated heterocycles. The monoisotopic (exact) mass is 178 g/mol. The van der Waals surface area contributed by atoms with Crippen molar-refractivity contribution < 1.29 is 0 Å². The fourth-order valence-electron chi connectivity index (χ4n) is 0.570. The van der Waals surface area contributed by atoms with E-state index in [4.69, 9.17) is 17.6 Å². The molecule has 1 aromatic carbocycles. The molecule has 0 radical (unpaired) electrons. The SMILES string of the molecule is Cl.NN(Cl)c1ccccc1. The number of benzene rings is 1. The smallest absolute Gasteiger partial charge is 0.0703 e. The Kier molecular flexibility index (Phi) is 4.19. The second-order valence-electron chi connectivity index (χ2n) is 1.65. The molecular weight excluding hydrogens is 171 g/mol. The molecule has 0 fully saturated rings. The van der Waals surface area contributed by atoms with Crippen LogP contribution in [0.1, 0.15) is 0 Å². The van der Waals surface area contributed by atoms with Gasteiger partial charge >= 0.3 is 0 Å². The molecule has 0 aliphatic heterocycles. The highest BCUT2D eigenvalue weighted by molar-refractivity contribution is 6.24. The third kappa shape index (κ3) is 2.43. The Morgan fingerprint density at radius 2 is 1.70 bits per heavy atom. The van der Waals surface area contributed by atoms with Gasteiger partial charge in [-0.05, 0) is 12.1 Å². The van der Waals surface area contributed by atoms with E-state index in [1.54, 1.807) is 0 Å². The fourth-order valence-corrected chi connectivity index (χ4v) is 0.683. The van der Waals surface area contributed by atoms with Crippen molar-refractivity contribution >= 4 is 29.9 Å². The summed E-state index contributed by atoms with van der Waals surface area (Å²) < 4.78 is 1.06. The maximum atomic E-state index is 5.41. The normalized spacial score (nSPS) is 8.20. The first-order valence-electron chi connectivity index (χ1n) is 2.56. The summed E-state index contributed by atoms with van der Waals surface area (Å²) >= 11 is 5.41. The highest BCUT2D eigenvalue weighted by Crippen LogP contribution is 2.09. The van der Waals surface area contributed by atoms with Crippen LogP contribution in [0.2, 0.25) is 0 Å². The van der Waals surface area contributed by atoms with Gasteiger partial charge in [0.25, 0.3) is 0 Å². The molecule has 1 aromatic rings. The Hall–Kier alpha value is -0.440. The molecule has 2 nitrogen and oxygen atoms in total. The summed E-state index contributed by atoms with van der Waals surface area (Å²) in [4.78, 5) is 0. The number of nitrogens with two attached hydrogens (primary N) is 1. The van der Waals surface area contributed by atoms with Gasteiger partial charge in [-0.1, -0.05) is 18.2 Å². The number of nitrogens with zero attached hydrogens (tertiary/aromatic N) is 1. The molecule has 0 atom stereocenters. The number of hydrazine groups is 1. The summed E-state index contributed by atoms with van der Waals surface area (Å²) in [5, 5.41) is 0. The van der Waals surface area contributed by atoms with Gasteiger partial charge in [-0.25, -0.2) is 10.4 Å². The standard InChI is InChI=1S/C6H7ClN2.ClH/c7-9(8)6-4-2-1-3-5-6;/h1-5H,8H2;1H. The summed E-state index contributed by atoms with van der Waals surface area (Å²) in [6, 6.07) is 9.30. The van der Waals surface area contributed by atoms with E-state index in [9.17, 15) is 0 Å². The van der Waals surface area contributed by atoms with Gasteiger partial charge < -0.3 is 0 Å². The molecule has 0 spiro atoms. The first-order chi connectivity index (χ1) is 4.30. The van der Waals surface area contributed by atoms with E-state index in [1.165, 1.54) is 0 Å². The number of rotatable bonds is 1. The van der Waals surface area contributed by atoms with Crippen LogP contribution >= 0.6 is 24.2 Å². The summed E-state index contributed by atoms with van der Waals surface area (Å²) in [5.74, 6) is 5.21. The lowest BCUT2D eigenvalue weighted by molar-refractivity contribution is 1.19. The van der Waals surface area contributed by atoms with E-state index in [-0.39, 0.29) is 12.4 Å². The Morgan fingerprint density at radius 3 is 2.00 bits per heavy atom. The van der Waals surface area contributed by atoms with Crippen LogP contribution in [0.4, 0.5) is 5.69 Å². The van der Waals surface area contributed by atoms with Crippen molar-refractivity contribution in [1.29, 1.82) is 0 Å². The predicted octanol–water partition coefficient (Wildman–Crippen LogP) is 1.94. The van der Waals surface area contributed by atoms with Crippen molar-refractivity contribution in [2.75, 3.05) is 4.53 Å². The summed E-state index contributed by atoms with van der Waals surface area (Å²) in [6.07, 6.45) is 0. The highest BCUT2D eigenvalue weighted by Gasteiger charge is 1.91. The molecule has 0 amide bonds. The summed E-state index contributed by atoms with van der Waals surface area (Å²) in [5.41, 5.74) is 0.791. The largest absolute Gasteiger partial charge is 0.232 e. The van der Waals surface area contributed by atoms with Crippen LogP contribution in [0.25, 0.3) is 0 Å². The van der Waals surface area contributed by atoms with Gasteiger partial charge in [0.1, 0.15) is 0 Å². The van der Waals surface area contributed by atoms with Crippen LogP contribution in [0.3, 0.4) is 0 Å². The summed E-state index contributed by atoms with van der Waals surface area (Å²) in [6.45, 7) is 0. The van der Waals surface area contributed by atoms with E-state index in [2.05, 4.69) is 0 Å². The second kappa shape index (κ2) is 4.39. The van der Waals surface area contributed by atoms with Crippen LogP contribution in [0, 0.1) is 0 Å². The molecule has 0 aromatic heterocycles. The topological polar surface area (TPSA) is 29.3 Å². The number of para-hydroxylation sites is 1. The molecule has 56 valence electrons. The van der Waals surface area contributed by atoms with Crippen molar-refractivity contribution in [1.82, 2.24) is 0 Å². The lowest BCUT2D eigenvalue weighted by Gasteiger charge is -2.05. The van der Waals surface area contributed by atoms with Crippen LogP contribution in [-0.2, 0) is 0 Å².